The largest absolute Gasteiger partial charge is 0.484 e. The van der Waals surface area contributed by atoms with E-state index in [2.05, 4.69) is 5.32 Å². The molecule has 2 aromatic carbocycles. The van der Waals surface area contributed by atoms with Gasteiger partial charge in [-0.25, -0.2) is 8.78 Å². The summed E-state index contributed by atoms with van der Waals surface area (Å²) in [4.78, 5) is 26.9. The maximum atomic E-state index is 13.3. The van der Waals surface area contributed by atoms with Gasteiger partial charge in [0.1, 0.15) is 17.4 Å². The fraction of sp³-hybridized carbons (Fsp3) is 0.364. The van der Waals surface area contributed by atoms with Crippen LogP contribution in [0.2, 0.25) is 0 Å². The van der Waals surface area contributed by atoms with E-state index in [9.17, 15) is 18.4 Å². The summed E-state index contributed by atoms with van der Waals surface area (Å²) < 4.78 is 31.7. The average Bonchev–Trinajstić information content (AvgIpc) is 2.71. The zero-order valence-corrected chi connectivity index (χ0v) is 16.3. The van der Waals surface area contributed by atoms with Crippen molar-refractivity contribution in [3.8, 4) is 5.75 Å². The predicted molar refractivity (Wildman–Crippen MR) is 104 cm³/mol. The monoisotopic (exact) mass is 402 g/mol. The van der Waals surface area contributed by atoms with Crippen LogP contribution in [0.1, 0.15) is 25.3 Å². The molecule has 1 fully saturated rings. The highest BCUT2D eigenvalue weighted by Gasteiger charge is 2.39. The van der Waals surface area contributed by atoms with E-state index in [1.807, 2.05) is 6.92 Å². The van der Waals surface area contributed by atoms with Crippen LogP contribution in [0.4, 0.5) is 8.78 Å². The molecule has 7 heteroatoms. The van der Waals surface area contributed by atoms with Gasteiger partial charge < -0.3 is 15.0 Å². The number of amides is 2. The number of nitrogens with zero attached hydrogens (tertiary/aromatic N) is 1. The number of benzene rings is 2. The van der Waals surface area contributed by atoms with Crippen molar-refractivity contribution in [2.24, 2.45) is 5.41 Å². The molecule has 5 nitrogen and oxygen atoms in total. The van der Waals surface area contributed by atoms with Crippen molar-refractivity contribution in [1.29, 1.82) is 0 Å². The van der Waals surface area contributed by atoms with Crippen molar-refractivity contribution in [3.05, 3.63) is 65.7 Å². The first kappa shape index (κ1) is 20.8. The summed E-state index contributed by atoms with van der Waals surface area (Å²) in [6, 6.07) is 11.5. The Kier molecular flexibility index (Phi) is 6.46. The Morgan fingerprint density at radius 3 is 2.62 bits per heavy atom. The second-order valence-corrected chi connectivity index (χ2v) is 7.53. The molecule has 1 saturated heterocycles. The maximum absolute atomic E-state index is 13.3. The van der Waals surface area contributed by atoms with Crippen LogP contribution >= 0.6 is 0 Å². The Morgan fingerprint density at radius 1 is 1.14 bits per heavy atom. The molecular formula is C22H24F2N2O3. The van der Waals surface area contributed by atoms with Crippen LogP contribution in [0.25, 0.3) is 0 Å². The van der Waals surface area contributed by atoms with Gasteiger partial charge in [-0.05, 0) is 61.7 Å². The molecule has 0 saturated carbocycles. The van der Waals surface area contributed by atoms with E-state index in [1.54, 1.807) is 17.0 Å². The molecule has 29 heavy (non-hydrogen) atoms. The van der Waals surface area contributed by atoms with Crippen molar-refractivity contribution >= 4 is 11.8 Å². The van der Waals surface area contributed by atoms with Gasteiger partial charge in [-0.15, -0.1) is 0 Å². The Labute approximate surface area is 168 Å². The number of halogens is 2. The summed E-state index contributed by atoms with van der Waals surface area (Å²) in [5, 5.41) is 2.85. The topological polar surface area (TPSA) is 58.6 Å². The lowest BCUT2D eigenvalue weighted by Gasteiger charge is -2.39. The molecule has 154 valence electrons. The summed E-state index contributed by atoms with van der Waals surface area (Å²) in [6.45, 7) is 2.72. The molecule has 3 rings (SSSR count). The van der Waals surface area contributed by atoms with Gasteiger partial charge in [0.2, 0.25) is 5.91 Å². The third-order valence-electron chi connectivity index (χ3n) is 5.12. The van der Waals surface area contributed by atoms with Gasteiger partial charge in [0.25, 0.3) is 5.91 Å². The predicted octanol–water partition coefficient (Wildman–Crippen LogP) is 3.29. The number of nitrogens with one attached hydrogen (secondary N) is 1. The zero-order valence-electron chi connectivity index (χ0n) is 16.3. The maximum Gasteiger partial charge on any atom is 0.260 e. The van der Waals surface area contributed by atoms with Gasteiger partial charge >= 0.3 is 0 Å². The number of piperidine rings is 1. The molecule has 0 radical (unpaired) electrons. The number of ether oxygens (including phenoxy) is 1. The molecule has 0 spiro atoms. The molecule has 1 aliphatic rings. The van der Waals surface area contributed by atoms with Crippen molar-refractivity contribution in [2.45, 2.75) is 26.3 Å². The highest BCUT2D eigenvalue weighted by Crippen LogP contribution is 2.30. The number of hydrogen-bond acceptors (Lipinski definition) is 3. The normalized spacial score (nSPS) is 18.9. The Balaban J connectivity index is 1.54. The van der Waals surface area contributed by atoms with Crippen molar-refractivity contribution in [2.75, 3.05) is 19.7 Å². The molecular weight excluding hydrogens is 378 g/mol. The first-order valence-electron chi connectivity index (χ1n) is 9.55. The summed E-state index contributed by atoms with van der Waals surface area (Å²) in [6.07, 6.45) is 1.36. The minimum absolute atomic E-state index is 0.168. The Bertz CT molecular complexity index is 873. The lowest BCUT2D eigenvalue weighted by Crippen LogP contribution is -2.52. The van der Waals surface area contributed by atoms with Crippen LogP contribution in [0, 0.1) is 17.0 Å². The SMILES string of the molecule is C[C@@]1(C(=O)NCc2cccc(F)c2)CCCN(C(=O)COc2ccc(F)cc2)C1. The summed E-state index contributed by atoms with van der Waals surface area (Å²) in [5.74, 6) is -0.706. The number of rotatable bonds is 6. The van der Waals surface area contributed by atoms with E-state index in [4.69, 9.17) is 4.74 Å². The molecule has 1 heterocycles. The molecule has 0 aliphatic carbocycles. The van der Waals surface area contributed by atoms with Crippen molar-refractivity contribution in [1.82, 2.24) is 10.2 Å². The fourth-order valence-corrected chi connectivity index (χ4v) is 3.45. The molecule has 1 atom stereocenters. The quantitative estimate of drug-likeness (QED) is 0.807. The van der Waals surface area contributed by atoms with E-state index in [-0.39, 0.29) is 43.1 Å². The molecule has 1 aliphatic heterocycles. The van der Waals surface area contributed by atoms with Crippen LogP contribution in [-0.2, 0) is 16.1 Å². The zero-order chi connectivity index (χ0) is 20.9. The summed E-state index contributed by atoms with van der Waals surface area (Å²) in [5.41, 5.74) is -0.0460. The van der Waals surface area contributed by atoms with Crippen LogP contribution in [0.15, 0.2) is 48.5 Å². The third-order valence-corrected chi connectivity index (χ3v) is 5.12. The second kappa shape index (κ2) is 9.03. The van der Waals surface area contributed by atoms with Gasteiger partial charge in [-0.3, -0.25) is 9.59 Å². The van der Waals surface area contributed by atoms with Gasteiger partial charge in [0.05, 0.1) is 5.41 Å². The number of hydrogen-bond donors (Lipinski definition) is 1. The lowest BCUT2D eigenvalue weighted by molar-refractivity contribution is -0.142. The number of carbonyl (C=O) groups excluding carboxylic acids is 2. The average molecular weight is 402 g/mol. The van der Waals surface area contributed by atoms with Gasteiger partial charge in [0, 0.05) is 19.6 Å². The molecule has 0 unspecified atom stereocenters. The molecule has 1 N–H and O–H groups in total. The third kappa shape index (κ3) is 5.53. The first-order chi connectivity index (χ1) is 13.9. The van der Waals surface area contributed by atoms with Gasteiger partial charge in [-0.2, -0.15) is 0 Å². The van der Waals surface area contributed by atoms with Crippen LogP contribution in [0.3, 0.4) is 0 Å². The minimum atomic E-state index is -0.725. The van der Waals surface area contributed by atoms with E-state index in [0.717, 1.165) is 0 Å². The van der Waals surface area contributed by atoms with Crippen molar-refractivity contribution < 1.29 is 23.1 Å². The standard InChI is InChI=1S/C22H24F2N2O3/c1-22(21(28)25-13-16-4-2-5-18(24)12-16)10-3-11-26(15-22)20(27)14-29-19-8-6-17(23)7-9-19/h2,4-9,12H,3,10-11,13-15H2,1H3,(H,25,28)/t22-/m1/s1. The van der Waals surface area contributed by atoms with Crippen LogP contribution < -0.4 is 10.1 Å². The Morgan fingerprint density at radius 2 is 1.90 bits per heavy atom. The van der Waals surface area contributed by atoms with E-state index in [1.165, 1.54) is 36.4 Å². The number of carbonyl (C=O) groups is 2. The highest BCUT2D eigenvalue weighted by atomic mass is 19.1. The fourth-order valence-electron chi connectivity index (χ4n) is 3.45. The van der Waals surface area contributed by atoms with E-state index >= 15 is 0 Å². The summed E-state index contributed by atoms with van der Waals surface area (Å²) in [7, 11) is 0. The minimum Gasteiger partial charge on any atom is -0.484 e. The first-order valence-corrected chi connectivity index (χ1v) is 9.55. The van der Waals surface area contributed by atoms with Crippen LogP contribution in [0.5, 0.6) is 5.75 Å². The smallest absolute Gasteiger partial charge is 0.260 e. The highest BCUT2D eigenvalue weighted by molar-refractivity contribution is 5.84. The lowest BCUT2D eigenvalue weighted by atomic mass is 9.81. The van der Waals surface area contributed by atoms with E-state index in [0.29, 0.717) is 30.7 Å². The molecule has 0 aromatic heterocycles. The summed E-state index contributed by atoms with van der Waals surface area (Å²) >= 11 is 0. The van der Waals surface area contributed by atoms with Gasteiger partial charge in [0.15, 0.2) is 6.61 Å². The molecule has 2 aromatic rings. The van der Waals surface area contributed by atoms with Crippen LogP contribution in [-0.4, -0.2) is 36.4 Å². The van der Waals surface area contributed by atoms with E-state index < -0.39 is 5.41 Å². The van der Waals surface area contributed by atoms with Crippen molar-refractivity contribution in [3.63, 3.8) is 0 Å². The molecule has 0 bridgehead atoms. The number of likely N-dealkylation sites (tertiary alicyclic amines) is 1. The second-order valence-electron chi connectivity index (χ2n) is 7.53. The Hall–Kier alpha value is -2.96. The molecule has 2 amide bonds. The van der Waals surface area contributed by atoms with Gasteiger partial charge in [-0.1, -0.05) is 12.1 Å².